The fourth-order valence-electron chi connectivity index (χ4n) is 1.65. The van der Waals surface area contributed by atoms with E-state index in [1.54, 1.807) is 18.2 Å². The van der Waals surface area contributed by atoms with Crippen LogP contribution in [-0.4, -0.2) is 33.7 Å². The molecule has 0 aliphatic heterocycles. The third kappa shape index (κ3) is 3.18. The van der Waals surface area contributed by atoms with Gasteiger partial charge in [0.05, 0.1) is 23.8 Å². The summed E-state index contributed by atoms with van der Waals surface area (Å²) in [5.41, 5.74) is 0.311. The summed E-state index contributed by atoms with van der Waals surface area (Å²) in [5, 5.41) is 11.5. The van der Waals surface area contributed by atoms with E-state index in [4.69, 9.17) is 5.11 Å². The molecule has 1 aromatic heterocycles. The first-order valence-corrected chi connectivity index (χ1v) is 6.43. The van der Waals surface area contributed by atoms with Gasteiger partial charge in [-0.2, -0.15) is 0 Å². The van der Waals surface area contributed by atoms with E-state index in [1.807, 2.05) is 0 Å². The summed E-state index contributed by atoms with van der Waals surface area (Å²) in [6.45, 7) is -0.0853. The zero-order chi connectivity index (χ0) is 13.8. The quantitative estimate of drug-likeness (QED) is 0.845. The number of benzene rings is 1. The second kappa shape index (κ2) is 5.94. The molecule has 100 valence electrons. The van der Waals surface area contributed by atoms with Crippen LogP contribution in [0.3, 0.4) is 0 Å². The summed E-state index contributed by atoms with van der Waals surface area (Å²) < 4.78 is 2.02. The van der Waals surface area contributed by atoms with Gasteiger partial charge < -0.3 is 10.4 Å². The van der Waals surface area contributed by atoms with Crippen LogP contribution in [0.15, 0.2) is 33.8 Å². The van der Waals surface area contributed by atoms with Crippen molar-refractivity contribution in [2.75, 3.05) is 13.2 Å². The minimum atomic E-state index is -0.340. The number of amides is 1. The molecule has 0 fully saturated rings. The van der Waals surface area contributed by atoms with Crippen LogP contribution in [0, 0.1) is 0 Å². The molecule has 0 atom stereocenters. The highest BCUT2D eigenvalue weighted by atomic mass is 79.9. The number of fused-ring (bicyclic) bond motifs is 1. The molecule has 2 rings (SSSR count). The third-order valence-electron chi connectivity index (χ3n) is 2.53. The SMILES string of the molecule is O=C(Cn1cnc2ccc(Br)cc2c1=O)NCCO. The number of nitrogens with one attached hydrogen (secondary N) is 1. The predicted octanol–water partition coefficient (Wildman–Crippen LogP) is 0.267. The lowest BCUT2D eigenvalue weighted by atomic mass is 10.2. The smallest absolute Gasteiger partial charge is 0.261 e. The predicted molar refractivity (Wildman–Crippen MR) is 73.8 cm³/mol. The van der Waals surface area contributed by atoms with Gasteiger partial charge in [-0.25, -0.2) is 4.98 Å². The minimum absolute atomic E-state index is 0.117. The molecule has 1 heterocycles. The molecule has 0 aliphatic rings. The second-order valence-corrected chi connectivity index (χ2v) is 4.83. The summed E-state index contributed by atoms with van der Waals surface area (Å²) in [7, 11) is 0. The molecule has 0 aliphatic carbocycles. The first-order chi connectivity index (χ1) is 9.11. The van der Waals surface area contributed by atoms with E-state index in [0.717, 1.165) is 4.47 Å². The number of carbonyl (C=O) groups is 1. The topological polar surface area (TPSA) is 84.2 Å². The summed E-state index contributed by atoms with van der Waals surface area (Å²) in [6.07, 6.45) is 1.34. The number of aliphatic hydroxyl groups excluding tert-OH is 1. The van der Waals surface area contributed by atoms with Crippen molar-refractivity contribution in [2.24, 2.45) is 0 Å². The number of nitrogens with zero attached hydrogens (tertiary/aromatic N) is 2. The standard InChI is InChI=1S/C12H12BrN3O3/c13-8-1-2-10-9(5-8)12(19)16(7-15-10)6-11(18)14-3-4-17/h1-2,5,7,17H,3-4,6H2,(H,14,18). The maximum Gasteiger partial charge on any atom is 0.261 e. The van der Waals surface area contributed by atoms with Crippen molar-refractivity contribution in [3.8, 4) is 0 Å². The minimum Gasteiger partial charge on any atom is -0.395 e. The van der Waals surface area contributed by atoms with E-state index in [1.165, 1.54) is 10.9 Å². The summed E-state index contributed by atoms with van der Waals surface area (Å²) in [6, 6.07) is 5.21. The Morgan fingerprint density at radius 3 is 3.00 bits per heavy atom. The van der Waals surface area contributed by atoms with Crippen LogP contribution in [0.2, 0.25) is 0 Å². The van der Waals surface area contributed by atoms with Crippen molar-refractivity contribution in [1.29, 1.82) is 0 Å². The number of hydrogen-bond donors (Lipinski definition) is 2. The largest absolute Gasteiger partial charge is 0.395 e. The van der Waals surface area contributed by atoms with Gasteiger partial charge in [-0.15, -0.1) is 0 Å². The van der Waals surface area contributed by atoms with E-state index in [9.17, 15) is 9.59 Å². The van der Waals surface area contributed by atoms with Crippen LogP contribution in [0.1, 0.15) is 0 Å². The van der Waals surface area contributed by atoms with Crippen molar-refractivity contribution in [2.45, 2.75) is 6.54 Å². The van der Waals surface area contributed by atoms with Crippen LogP contribution in [0.4, 0.5) is 0 Å². The van der Waals surface area contributed by atoms with Crippen LogP contribution >= 0.6 is 15.9 Å². The average molecular weight is 326 g/mol. The lowest BCUT2D eigenvalue weighted by Gasteiger charge is -2.07. The van der Waals surface area contributed by atoms with E-state index < -0.39 is 0 Å². The zero-order valence-electron chi connectivity index (χ0n) is 9.97. The maximum absolute atomic E-state index is 12.2. The highest BCUT2D eigenvalue weighted by molar-refractivity contribution is 9.10. The molecule has 1 aromatic carbocycles. The fourth-order valence-corrected chi connectivity index (χ4v) is 2.01. The Kier molecular flexibility index (Phi) is 4.28. The molecule has 0 saturated carbocycles. The summed E-state index contributed by atoms with van der Waals surface area (Å²) in [5.74, 6) is -0.340. The maximum atomic E-state index is 12.2. The summed E-state index contributed by atoms with van der Waals surface area (Å²) >= 11 is 3.29. The molecule has 1 amide bonds. The third-order valence-corrected chi connectivity index (χ3v) is 3.03. The Morgan fingerprint density at radius 1 is 1.47 bits per heavy atom. The number of aliphatic hydroxyl groups is 1. The number of rotatable bonds is 4. The van der Waals surface area contributed by atoms with E-state index in [2.05, 4.69) is 26.2 Å². The van der Waals surface area contributed by atoms with Crippen LogP contribution < -0.4 is 10.9 Å². The fraction of sp³-hybridized carbons (Fsp3) is 0.250. The summed E-state index contributed by atoms with van der Waals surface area (Å²) in [4.78, 5) is 27.8. The number of halogens is 1. The molecule has 0 radical (unpaired) electrons. The van der Waals surface area contributed by atoms with Crippen LogP contribution in [-0.2, 0) is 11.3 Å². The highest BCUT2D eigenvalue weighted by Crippen LogP contribution is 2.14. The molecule has 19 heavy (non-hydrogen) atoms. The molecule has 0 spiro atoms. The van der Waals surface area contributed by atoms with Crippen LogP contribution in [0.5, 0.6) is 0 Å². The van der Waals surface area contributed by atoms with E-state index in [-0.39, 0.29) is 31.2 Å². The van der Waals surface area contributed by atoms with Gasteiger partial charge in [0.15, 0.2) is 0 Å². The molecule has 0 bridgehead atoms. The lowest BCUT2D eigenvalue weighted by Crippen LogP contribution is -2.33. The number of hydrogen-bond acceptors (Lipinski definition) is 4. The van der Waals surface area contributed by atoms with Crippen molar-refractivity contribution < 1.29 is 9.90 Å². The van der Waals surface area contributed by atoms with Gasteiger partial charge in [0.1, 0.15) is 6.54 Å². The van der Waals surface area contributed by atoms with Crippen molar-refractivity contribution in [1.82, 2.24) is 14.9 Å². The molecule has 7 heteroatoms. The molecule has 6 nitrogen and oxygen atoms in total. The molecular formula is C12H12BrN3O3. The van der Waals surface area contributed by atoms with Gasteiger partial charge >= 0.3 is 0 Å². The second-order valence-electron chi connectivity index (χ2n) is 3.91. The Balaban J connectivity index is 2.32. The van der Waals surface area contributed by atoms with Gasteiger partial charge in [-0.05, 0) is 18.2 Å². The Bertz CT molecular complexity index is 669. The van der Waals surface area contributed by atoms with Gasteiger partial charge in [0.25, 0.3) is 5.56 Å². The molecule has 0 saturated heterocycles. The van der Waals surface area contributed by atoms with Crippen molar-refractivity contribution in [3.05, 3.63) is 39.4 Å². The van der Waals surface area contributed by atoms with Gasteiger partial charge in [0.2, 0.25) is 5.91 Å². The Morgan fingerprint density at radius 2 is 2.26 bits per heavy atom. The number of carbonyl (C=O) groups excluding carboxylic acids is 1. The molecule has 2 N–H and O–H groups in total. The Hall–Kier alpha value is -1.73. The van der Waals surface area contributed by atoms with Crippen molar-refractivity contribution >= 4 is 32.7 Å². The van der Waals surface area contributed by atoms with Gasteiger partial charge in [-0.3, -0.25) is 14.2 Å². The Labute approximate surface area is 117 Å². The number of aromatic nitrogens is 2. The monoisotopic (exact) mass is 325 g/mol. The molecule has 0 unspecified atom stereocenters. The van der Waals surface area contributed by atoms with Gasteiger partial charge in [0, 0.05) is 11.0 Å². The van der Waals surface area contributed by atoms with Gasteiger partial charge in [-0.1, -0.05) is 15.9 Å². The average Bonchev–Trinajstić information content (AvgIpc) is 2.40. The zero-order valence-corrected chi connectivity index (χ0v) is 11.6. The highest BCUT2D eigenvalue weighted by Gasteiger charge is 2.08. The normalized spacial score (nSPS) is 10.6. The van der Waals surface area contributed by atoms with E-state index in [0.29, 0.717) is 10.9 Å². The van der Waals surface area contributed by atoms with E-state index >= 15 is 0 Å². The first kappa shape index (κ1) is 13.7. The van der Waals surface area contributed by atoms with Crippen LogP contribution in [0.25, 0.3) is 10.9 Å². The first-order valence-electron chi connectivity index (χ1n) is 5.64. The lowest BCUT2D eigenvalue weighted by molar-refractivity contribution is -0.121. The molecule has 2 aromatic rings. The van der Waals surface area contributed by atoms with Crippen molar-refractivity contribution in [3.63, 3.8) is 0 Å². The molecular weight excluding hydrogens is 314 g/mol.